The molecule has 146 valence electrons. The zero-order chi connectivity index (χ0) is 19.8. The van der Waals surface area contributed by atoms with Crippen molar-refractivity contribution in [2.24, 2.45) is 10.9 Å². The smallest absolute Gasteiger partial charge is 0.134 e. The van der Waals surface area contributed by atoms with Crippen LogP contribution >= 0.6 is 22.9 Å². The molecule has 0 spiro atoms. The maximum Gasteiger partial charge on any atom is 0.134 e. The largest absolute Gasteiger partial charge is 0.384 e. The zero-order valence-corrected chi connectivity index (χ0v) is 18.0. The normalized spacial score (nSPS) is 19.2. The Morgan fingerprint density at radius 2 is 2.04 bits per heavy atom. The van der Waals surface area contributed by atoms with Crippen molar-refractivity contribution in [2.75, 3.05) is 13.7 Å². The molecule has 0 N–H and O–H groups in total. The van der Waals surface area contributed by atoms with Crippen LogP contribution in [0, 0.1) is 26.7 Å². The first-order valence-electron chi connectivity index (χ1n) is 9.29. The lowest BCUT2D eigenvalue weighted by Gasteiger charge is -2.12. The monoisotopic (exact) mass is 414 g/mol. The van der Waals surface area contributed by atoms with Gasteiger partial charge in [0.2, 0.25) is 0 Å². The summed E-state index contributed by atoms with van der Waals surface area (Å²) in [6.45, 7) is 7.03. The first-order valence-corrected chi connectivity index (χ1v) is 10.5. The van der Waals surface area contributed by atoms with E-state index in [0.717, 1.165) is 45.7 Å². The highest BCUT2D eigenvalue weighted by atomic mass is 35.5. The van der Waals surface area contributed by atoms with E-state index < -0.39 is 0 Å². The number of benzene rings is 1. The van der Waals surface area contributed by atoms with Crippen LogP contribution in [0.25, 0.3) is 5.00 Å². The van der Waals surface area contributed by atoms with Gasteiger partial charge in [-0.1, -0.05) is 23.7 Å². The third-order valence-corrected chi connectivity index (χ3v) is 6.68. The number of aromatic nitrogens is 3. The van der Waals surface area contributed by atoms with Crippen molar-refractivity contribution in [3.05, 3.63) is 63.0 Å². The second kappa shape index (κ2) is 7.78. The molecule has 3 aromatic rings. The Hall–Kier alpha value is -2.02. The van der Waals surface area contributed by atoms with Crippen LogP contribution in [0.4, 0.5) is 0 Å². The lowest BCUT2D eigenvalue weighted by Crippen LogP contribution is -2.10. The summed E-state index contributed by atoms with van der Waals surface area (Å²) in [6, 6.07) is 8.22. The minimum Gasteiger partial charge on any atom is -0.384 e. The van der Waals surface area contributed by atoms with E-state index in [1.54, 1.807) is 24.8 Å². The standard InChI is InChI=1S/C21H23ClN4OS/c1-12-13(2)28-21(26-11-23-25-14(26)3)19(12)20(15-5-7-17(22)8-6-15)24-18-9-16(18)10-27-4/h5-8,11,16,18H,9-10H2,1-4H3. The highest BCUT2D eigenvalue weighted by molar-refractivity contribution is 7.15. The van der Waals surface area contributed by atoms with Gasteiger partial charge in [-0.2, -0.15) is 0 Å². The molecule has 2 atom stereocenters. The number of rotatable bonds is 6. The third-order valence-electron chi connectivity index (χ3n) is 5.22. The van der Waals surface area contributed by atoms with E-state index in [2.05, 4.69) is 24.0 Å². The van der Waals surface area contributed by atoms with Crippen LogP contribution in [0.15, 0.2) is 35.6 Å². The molecule has 2 unspecified atom stereocenters. The molecule has 1 aromatic carbocycles. The molecule has 1 aliphatic rings. The highest BCUT2D eigenvalue weighted by Crippen LogP contribution is 2.38. The lowest BCUT2D eigenvalue weighted by atomic mass is 9.99. The number of hydrogen-bond acceptors (Lipinski definition) is 5. The zero-order valence-electron chi connectivity index (χ0n) is 16.4. The molecular weight excluding hydrogens is 392 g/mol. The average Bonchev–Trinajstić information content (AvgIpc) is 3.15. The summed E-state index contributed by atoms with van der Waals surface area (Å²) >= 11 is 7.89. The van der Waals surface area contributed by atoms with E-state index in [1.165, 1.54) is 10.4 Å². The number of halogens is 1. The molecular formula is C21H23ClN4OS. The number of nitrogens with zero attached hydrogens (tertiary/aromatic N) is 4. The molecule has 0 aliphatic heterocycles. The van der Waals surface area contributed by atoms with Crippen molar-refractivity contribution >= 4 is 28.6 Å². The van der Waals surface area contributed by atoms with E-state index in [9.17, 15) is 0 Å². The summed E-state index contributed by atoms with van der Waals surface area (Å²) in [5, 5.41) is 10.1. The molecule has 2 heterocycles. The van der Waals surface area contributed by atoms with Gasteiger partial charge in [0.05, 0.1) is 18.4 Å². The number of ether oxygens (including phenoxy) is 1. The lowest BCUT2D eigenvalue weighted by molar-refractivity contribution is 0.184. The summed E-state index contributed by atoms with van der Waals surface area (Å²) in [4.78, 5) is 6.45. The van der Waals surface area contributed by atoms with Crippen molar-refractivity contribution in [1.29, 1.82) is 0 Å². The van der Waals surface area contributed by atoms with Crippen molar-refractivity contribution < 1.29 is 4.74 Å². The van der Waals surface area contributed by atoms with Gasteiger partial charge in [-0.15, -0.1) is 21.5 Å². The first-order chi connectivity index (χ1) is 13.5. The number of thiophene rings is 1. The summed E-state index contributed by atoms with van der Waals surface area (Å²) in [5.41, 5.74) is 4.46. The molecule has 1 aliphatic carbocycles. The summed E-state index contributed by atoms with van der Waals surface area (Å²) in [5.74, 6) is 1.36. The van der Waals surface area contributed by atoms with E-state index in [4.69, 9.17) is 21.3 Å². The van der Waals surface area contributed by atoms with E-state index in [0.29, 0.717) is 12.0 Å². The molecule has 28 heavy (non-hydrogen) atoms. The molecule has 5 nitrogen and oxygen atoms in total. The van der Waals surface area contributed by atoms with Crippen LogP contribution in [0.1, 0.15) is 33.8 Å². The second-order valence-electron chi connectivity index (χ2n) is 7.21. The molecule has 0 saturated heterocycles. The molecule has 0 bridgehead atoms. The fourth-order valence-electron chi connectivity index (χ4n) is 3.39. The quantitative estimate of drug-likeness (QED) is 0.545. The Bertz CT molecular complexity index is 1020. The fraction of sp³-hybridized carbons (Fsp3) is 0.381. The predicted molar refractivity (Wildman–Crippen MR) is 114 cm³/mol. The summed E-state index contributed by atoms with van der Waals surface area (Å²) in [6.07, 6.45) is 2.84. The van der Waals surface area contributed by atoms with Gasteiger partial charge in [0.1, 0.15) is 17.2 Å². The Morgan fingerprint density at radius 1 is 1.29 bits per heavy atom. The third kappa shape index (κ3) is 3.64. The van der Waals surface area contributed by atoms with Gasteiger partial charge >= 0.3 is 0 Å². The minimum absolute atomic E-state index is 0.292. The number of aliphatic imine (C=N–C) groups is 1. The van der Waals surface area contributed by atoms with Gasteiger partial charge in [0.15, 0.2) is 0 Å². The highest BCUT2D eigenvalue weighted by Gasteiger charge is 2.38. The second-order valence-corrected chi connectivity index (χ2v) is 8.85. The summed E-state index contributed by atoms with van der Waals surface area (Å²) < 4.78 is 7.37. The molecule has 2 aromatic heterocycles. The predicted octanol–water partition coefficient (Wildman–Crippen LogP) is 4.78. The Kier molecular flexibility index (Phi) is 5.36. The average molecular weight is 415 g/mol. The van der Waals surface area contributed by atoms with Crippen LogP contribution < -0.4 is 0 Å². The van der Waals surface area contributed by atoms with E-state index in [-0.39, 0.29) is 0 Å². The van der Waals surface area contributed by atoms with Crippen LogP contribution in [-0.4, -0.2) is 40.2 Å². The van der Waals surface area contributed by atoms with Crippen LogP contribution in [-0.2, 0) is 4.74 Å². The molecule has 1 saturated carbocycles. The Labute approximate surface area is 174 Å². The molecule has 7 heteroatoms. The Balaban J connectivity index is 1.87. The van der Waals surface area contributed by atoms with E-state index in [1.807, 2.05) is 35.8 Å². The van der Waals surface area contributed by atoms with Gasteiger partial charge in [-0.25, -0.2) is 0 Å². The van der Waals surface area contributed by atoms with Gasteiger partial charge in [-0.05, 0) is 44.9 Å². The van der Waals surface area contributed by atoms with Gasteiger partial charge in [0.25, 0.3) is 0 Å². The fourth-order valence-corrected chi connectivity index (χ4v) is 4.69. The molecule has 0 radical (unpaired) electrons. The maximum atomic E-state index is 6.14. The minimum atomic E-state index is 0.292. The first kappa shape index (κ1) is 19.3. The topological polar surface area (TPSA) is 52.3 Å². The maximum absolute atomic E-state index is 6.14. The molecule has 0 amide bonds. The number of aryl methyl sites for hydroxylation is 2. The van der Waals surface area contributed by atoms with Crippen molar-refractivity contribution in [3.8, 4) is 5.00 Å². The van der Waals surface area contributed by atoms with E-state index >= 15 is 0 Å². The Morgan fingerprint density at radius 3 is 2.68 bits per heavy atom. The van der Waals surface area contributed by atoms with Gasteiger partial charge < -0.3 is 4.74 Å². The summed E-state index contributed by atoms with van der Waals surface area (Å²) in [7, 11) is 1.75. The van der Waals surface area contributed by atoms with Crippen LogP contribution in [0.3, 0.4) is 0 Å². The molecule has 1 fully saturated rings. The van der Waals surface area contributed by atoms with Crippen LogP contribution in [0.5, 0.6) is 0 Å². The van der Waals surface area contributed by atoms with Gasteiger partial charge in [0, 0.05) is 34.1 Å². The number of methoxy groups -OCH3 is 1. The van der Waals surface area contributed by atoms with Crippen LogP contribution in [0.2, 0.25) is 5.02 Å². The van der Waals surface area contributed by atoms with Crippen molar-refractivity contribution in [1.82, 2.24) is 14.8 Å². The number of hydrogen-bond donors (Lipinski definition) is 0. The van der Waals surface area contributed by atoms with Crippen molar-refractivity contribution in [3.63, 3.8) is 0 Å². The van der Waals surface area contributed by atoms with Crippen molar-refractivity contribution in [2.45, 2.75) is 33.2 Å². The van der Waals surface area contributed by atoms with Gasteiger partial charge in [-0.3, -0.25) is 9.56 Å². The SMILES string of the molecule is COCC1CC1N=C(c1ccc(Cl)cc1)c1c(-n2cnnc2C)sc(C)c1C. The molecule has 4 rings (SSSR count).